The second kappa shape index (κ2) is 6.92. The lowest BCUT2D eigenvalue weighted by atomic mass is 9.97. The monoisotopic (exact) mass is 287 g/mol. The Balaban J connectivity index is 2.09. The molecule has 0 aromatic heterocycles. The van der Waals surface area contributed by atoms with Gasteiger partial charge in [0.2, 0.25) is 0 Å². The van der Waals surface area contributed by atoms with Crippen LogP contribution in [0, 0.1) is 13.8 Å². The Labute approximate surface area is 127 Å². The van der Waals surface area contributed by atoms with Gasteiger partial charge >= 0.3 is 0 Å². The molecule has 0 bridgehead atoms. The van der Waals surface area contributed by atoms with Crippen molar-refractivity contribution in [2.45, 2.75) is 32.7 Å². The van der Waals surface area contributed by atoms with E-state index in [4.69, 9.17) is 11.6 Å². The van der Waals surface area contributed by atoms with Crippen molar-refractivity contribution >= 4 is 11.6 Å². The lowest BCUT2D eigenvalue weighted by Crippen LogP contribution is -2.30. The summed E-state index contributed by atoms with van der Waals surface area (Å²) in [5, 5.41) is 4.27. The van der Waals surface area contributed by atoms with E-state index in [0.29, 0.717) is 6.04 Å². The number of halogens is 1. The quantitative estimate of drug-likeness (QED) is 0.863. The highest BCUT2D eigenvalue weighted by atomic mass is 35.5. The molecule has 1 nitrogen and oxygen atoms in total. The fourth-order valence-electron chi connectivity index (χ4n) is 2.48. The number of likely N-dealkylation sites (N-methyl/N-ethyl adjacent to an activating group) is 1. The number of rotatable bonds is 5. The van der Waals surface area contributed by atoms with E-state index in [9.17, 15) is 0 Å². The molecule has 20 heavy (non-hydrogen) atoms. The van der Waals surface area contributed by atoms with Crippen molar-refractivity contribution in [3.8, 4) is 0 Å². The molecule has 0 saturated carbocycles. The first-order valence-corrected chi connectivity index (χ1v) is 7.44. The normalized spacial score (nSPS) is 12.4. The van der Waals surface area contributed by atoms with Gasteiger partial charge in [-0.2, -0.15) is 0 Å². The molecule has 0 radical (unpaired) electrons. The summed E-state index contributed by atoms with van der Waals surface area (Å²) >= 11 is 6.33. The van der Waals surface area contributed by atoms with E-state index in [1.165, 1.54) is 22.3 Å². The highest BCUT2D eigenvalue weighted by Gasteiger charge is 2.11. The first-order valence-electron chi connectivity index (χ1n) is 7.06. The summed E-state index contributed by atoms with van der Waals surface area (Å²) in [5.74, 6) is 0. The molecule has 2 rings (SSSR count). The van der Waals surface area contributed by atoms with Crippen molar-refractivity contribution in [2.75, 3.05) is 7.05 Å². The molecule has 2 heteroatoms. The van der Waals surface area contributed by atoms with Gasteiger partial charge in [-0.25, -0.2) is 0 Å². The van der Waals surface area contributed by atoms with Crippen LogP contribution in [0.4, 0.5) is 0 Å². The largest absolute Gasteiger partial charge is 0.316 e. The lowest BCUT2D eigenvalue weighted by molar-refractivity contribution is 0.556. The molecule has 0 fully saturated rings. The zero-order chi connectivity index (χ0) is 14.5. The van der Waals surface area contributed by atoms with E-state index in [1.807, 2.05) is 13.1 Å². The average Bonchev–Trinajstić information content (AvgIpc) is 2.41. The molecule has 0 amide bonds. The molecular formula is C18H22ClN. The number of nitrogens with one attached hydrogen (secondary N) is 1. The molecule has 0 aliphatic heterocycles. The molecule has 0 heterocycles. The van der Waals surface area contributed by atoms with Gasteiger partial charge in [-0.15, -0.1) is 0 Å². The molecular weight excluding hydrogens is 266 g/mol. The summed E-state index contributed by atoms with van der Waals surface area (Å²) in [6.45, 7) is 4.20. The molecule has 106 valence electrons. The van der Waals surface area contributed by atoms with Crippen molar-refractivity contribution < 1.29 is 0 Å². The maximum absolute atomic E-state index is 6.33. The zero-order valence-corrected chi connectivity index (χ0v) is 13.2. The Morgan fingerprint density at radius 1 is 1.00 bits per heavy atom. The van der Waals surface area contributed by atoms with Crippen molar-refractivity contribution in [3.63, 3.8) is 0 Å². The minimum absolute atomic E-state index is 0.400. The first kappa shape index (κ1) is 15.1. The predicted molar refractivity (Wildman–Crippen MR) is 87.6 cm³/mol. The summed E-state index contributed by atoms with van der Waals surface area (Å²) in [6, 6.07) is 15.4. The van der Waals surface area contributed by atoms with Crippen LogP contribution in [0.5, 0.6) is 0 Å². The topological polar surface area (TPSA) is 12.0 Å². The van der Waals surface area contributed by atoms with Gasteiger partial charge in [0.05, 0.1) is 0 Å². The number of hydrogen-bond acceptors (Lipinski definition) is 1. The van der Waals surface area contributed by atoms with Crippen molar-refractivity contribution in [1.29, 1.82) is 0 Å². The average molecular weight is 288 g/mol. The van der Waals surface area contributed by atoms with E-state index in [0.717, 1.165) is 17.9 Å². The highest BCUT2D eigenvalue weighted by Crippen LogP contribution is 2.20. The van der Waals surface area contributed by atoms with E-state index < -0.39 is 0 Å². The molecule has 0 aliphatic rings. The Morgan fingerprint density at radius 2 is 1.75 bits per heavy atom. The number of aryl methyl sites for hydroxylation is 2. The summed E-state index contributed by atoms with van der Waals surface area (Å²) in [6.07, 6.45) is 1.96. The molecule has 1 N–H and O–H groups in total. The van der Waals surface area contributed by atoms with Crippen LogP contribution in [-0.4, -0.2) is 13.1 Å². The Hall–Kier alpha value is -1.31. The van der Waals surface area contributed by atoms with Crippen LogP contribution < -0.4 is 5.32 Å². The van der Waals surface area contributed by atoms with Gasteiger partial charge in [0, 0.05) is 11.1 Å². The molecule has 0 saturated heterocycles. The smallest absolute Gasteiger partial charge is 0.0441 e. The fourth-order valence-corrected chi connectivity index (χ4v) is 2.80. The van der Waals surface area contributed by atoms with Gasteiger partial charge in [-0.1, -0.05) is 53.6 Å². The molecule has 1 unspecified atom stereocenters. The van der Waals surface area contributed by atoms with Gasteiger partial charge in [-0.05, 0) is 56.5 Å². The maximum atomic E-state index is 6.33. The summed E-state index contributed by atoms with van der Waals surface area (Å²) < 4.78 is 0. The van der Waals surface area contributed by atoms with Gasteiger partial charge in [0.25, 0.3) is 0 Å². The predicted octanol–water partition coefficient (Wildman–Crippen LogP) is 4.33. The number of hydrogen-bond donors (Lipinski definition) is 1. The third kappa shape index (κ3) is 4.09. The van der Waals surface area contributed by atoms with Crippen LogP contribution in [0.1, 0.15) is 22.3 Å². The summed E-state index contributed by atoms with van der Waals surface area (Å²) in [4.78, 5) is 0. The van der Waals surface area contributed by atoms with Crippen LogP contribution >= 0.6 is 11.6 Å². The first-order chi connectivity index (χ1) is 9.58. The van der Waals surface area contributed by atoms with Crippen LogP contribution in [-0.2, 0) is 12.8 Å². The second-order valence-electron chi connectivity index (χ2n) is 5.48. The molecule has 0 spiro atoms. The van der Waals surface area contributed by atoms with E-state index in [2.05, 4.69) is 55.6 Å². The highest BCUT2D eigenvalue weighted by molar-refractivity contribution is 6.31. The van der Waals surface area contributed by atoms with Crippen molar-refractivity contribution in [3.05, 3.63) is 69.7 Å². The molecule has 0 aliphatic carbocycles. The lowest BCUT2D eigenvalue weighted by Gasteiger charge is -2.17. The SMILES string of the molecule is CNC(Cc1cccc(C)c1)Cc1ccc(C)cc1Cl. The second-order valence-corrected chi connectivity index (χ2v) is 5.88. The van der Waals surface area contributed by atoms with Crippen LogP contribution in [0.2, 0.25) is 5.02 Å². The molecule has 2 aromatic rings. The maximum Gasteiger partial charge on any atom is 0.0441 e. The zero-order valence-electron chi connectivity index (χ0n) is 12.4. The van der Waals surface area contributed by atoms with Crippen molar-refractivity contribution in [1.82, 2.24) is 5.32 Å². The van der Waals surface area contributed by atoms with Gasteiger partial charge in [-0.3, -0.25) is 0 Å². The van der Waals surface area contributed by atoms with Crippen molar-refractivity contribution in [2.24, 2.45) is 0 Å². The van der Waals surface area contributed by atoms with E-state index in [-0.39, 0.29) is 0 Å². The van der Waals surface area contributed by atoms with Gasteiger partial charge in [0.1, 0.15) is 0 Å². The summed E-state index contributed by atoms with van der Waals surface area (Å²) in [5.41, 5.74) is 5.10. The van der Waals surface area contributed by atoms with E-state index >= 15 is 0 Å². The van der Waals surface area contributed by atoms with Crippen LogP contribution in [0.15, 0.2) is 42.5 Å². The Bertz CT molecular complexity index is 577. The third-order valence-corrected chi connectivity index (χ3v) is 4.00. The minimum Gasteiger partial charge on any atom is -0.316 e. The van der Waals surface area contributed by atoms with Gasteiger partial charge in [0.15, 0.2) is 0 Å². The van der Waals surface area contributed by atoms with Gasteiger partial charge < -0.3 is 5.32 Å². The summed E-state index contributed by atoms with van der Waals surface area (Å²) in [7, 11) is 2.02. The molecule has 2 aromatic carbocycles. The standard InChI is InChI=1S/C18H22ClN/c1-13-5-4-6-15(9-13)11-17(20-3)12-16-8-7-14(2)10-18(16)19/h4-10,17,20H,11-12H2,1-3H3. The van der Waals surface area contributed by atoms with E-state index in [1.54, 1.807) is 0 Å². The minimum atomic E-state index is 0.400. The fraction of sp³-hybridized carbons (Fsp3) is 0.333. The molecule has 1 atom stereocenters. The number of benzene rings is 2. The van der Waals surface area contributed by atoms with Crippen LogP contribution in [0.3, 0.4) is 0 Å². The third-order valence-electron chi connectivity index (χ3n) is 3.65. The Morgan fingerprint density at radius 3 is 2.40 bits per heavy atom. The Kier molecular flexibility index (Phi) is 5.22. The van der Waals surface area contributed by atoms with Crippen LogP contribution in [0.25, 0.3) is 0 Å².